The van der Waals surface area contributed by atoms with Gasteiger partial charge >= 0.3 is 0 Å². The lowest BCUT2D eigenvalue weighted by Crippen LogP contribution is -2.35. The van der Waals surface area contributed by atoms with Crippen molar-refractivity contribution in [2.75, 3.05) is 6.54 Å². The summed E-state index contributed by atoms with van der Waals surface area (Å²) in [6, 6.07) is 4.62. The molecule has 0 radical (unpaired) electrons. The van der Waals surface area contributed by atoms with Gasteiger partial charge in [0.25, 0.3) is 5.56 Å². The van der Waals surface area contributed by atoms with Crippen LogP contribution in [0, 0.1) is 5.92 Å². The first kappa shape index (κ1) is 19.3. The molecule has 0 amide bonds. The molecular weight excluding hydrogens is 368 g/mol. The Morgan fingerprint density at radius 1 is 1.32 bits per heavy atom. The fourth-order valence-electron chi connectivity index (χ4n) is 3.90. The Kier molecular flexibility index (Phi) is 5.87. The first-order chi connectivity index (χ1) is 13.6. The minimum Gasteiger partial charge on any atom is -0.313 e. The number of aromatic nitrogens is 3. The molecule has 1 N–H and O–H groups in total. The number of nitrogens with zero attached hydrogens (tertiary/aromatic N) is 3. The summed E-state index contributed by atoms with van der Waals surface area (Å²) in [5.74, 6) is 0.581. The SMILES string of the molecule is CC(C)CCn1cnc2sc3c(c2c1=O)CCC(NCCc1ccncc1)C3. The van der Waals surface area contributed by atoms with Gasteiger partial charge in [0.2, 0.25) is 0 Å². The molecule has 0 spiro atoms. The molecule has 3 heterocycles. The summed E-state index contributed by atoms with van der Waals surface area (Å²) in [5, 5.41) is 4.57. The highest BCUT2D eigenvalue weighted by atomic mass is 32.1. The van der Waals surface area contributed by atoms with Crippen molar-refractivity contribution >= 4 is 21.6 Å². The average Bonchev–Trinajstić information content (AvgIpc) is 3.06. The minimum absolute atomic E-state index is 0.146. The van der Waals surface area contributed by atoms with E-state index in [4.69, 9.17) is 0 Å². The first-order valence-corrected chi connectivity index (χ1v) is 11.1. The standard InChI is InChI=1S/C22H28N4OS/c1-15(2)8-12-26-14-25-21-20(22(26)27)18-4-3-17(13-19(18)28-21)24-11-7-16-5-9-23-10-6-16/h5-6,9-10,14-15,17,24H,3-4,7-8,11-13H2,1-2H3. The molecule has 1 atom stereocenters. The third-order valence-electron chi connectivity index (χ3n) is 5.58. The van der Waals surface area contributed by atoms with E-state index in [1.807, 2.05) is 12.4 Å². The smallest absolute Gasteiger partial charge is 0.262 e. The second-order valence-corrected chi connectivity index (χ2v) is 9.19. The summed E-state index contributed by atoms with van der Waals surface area (Å²) in [4.78, 5) is 23.9. The Bertz CT molecular complexity index is 993. The van der Waals surface area contributed by atoms with Crippen molar-refractivity contribution in [1.29, 1.82) is 0 Å². The molecule has 0 bridgehead atoms. The molecule has 0 saturated carbocycles. The number of pyridine rings is 1. The van der Waals surface area contributed by atoms with Gasteiger partial charge in [0.1, 0.15) is 4.83 Å². The van der Waals surface area contributed by atoms with Crippen molar-refractivity contribution in [3.05, 3.63) is 57.2 Å². The minimum atomic E-state index is 0.146. The Morgan fingerprint density at radius 3 is 2.93 bits per heavy atom. The van der Waals surface area contributed by atoms with Gasteiger partial charge in [0, 0.05) is 29.9 Å². The van der Waals surface area contributed by atoms with E-state index in [-0.39, 0.29) is 5.56 Å². The second kappa shape index (κ2) is 8.53. The van der Waals surface area contributed by atoms with E-state index in [1.54, 1.807) is 22.2 Å². The summed E-state index contributed by atoms with van der Waals surface area (Å²) in [5.41, 5.74) is 2.71. The molecule has 0 aliphatic heterocycles. The lowest BCUT2D eigenvalue weighted by atomic mass is 9.93. The molecule has 148 valence electrons. The summed E-state index contributed by atoms with van der Waals surface area (Å²) in [6.07, 6.45) is 10.5. The van der Waals surface area contributed by atoms with Crippen LogP contribution in [0.2, 0.25) is 0 Å². The maximum atomic E-state index is 13.0. The Hall–Kier alpha value is -2.05. The van der Waals surface area contributed by atoms with Crippen molar-refractivity contribution in [3.63, 3.8) is 0 Å². The number of fused-ring (bicyclic) bond motifs is 3. The summed E-state index contributed by atoms with van der Waals surface area (Å²) >= 11 is 1.71. The number of aryl methyl sites for hydroxylation is 2. The van der Waals surface area contributed by atoms with E-state index in [0.717, 1.165) is 55.4 Å². The molecule has 5 nitrogen and oxygen atoms in total. The van der Waals surface area contributed by atoms with E-state index >= 15 is 0 Å². The number of nitrogens with one attached hydrogen (secondary N) is 1. The molecule has 0 saturated heterocycles. The van der Waals surface area contributed by atoms with Gasteiger partial charge in [-0.25, -0.2) is 4.98 Å². The largest absolute Gasteiger partial charge is 0.313 e. The van der Waals surface area contributed by atoms with Gasteiger partial charge in [-0.1, -0.05) is 13.8 Å². The third kappa shape index (κ3) is 4.18. The van der Waals surface area contributed by atoms with Crippen molar-refractivity contribution in [2.24, 2.45) is 5.92 Å². The molecule has 6 heteroatoms. The Balaban J connectivity index is 1.45. The number of hydrogen-bond donors (Lipinski definition) is 1. The van der Waals surface area contributed by atoms with E-state index in [9.17, 15) is 4.79 Å². The van der Waals surface area contributed by atoms with Crippen LogP contribution >= 0.6 is 11.3 Å². The predicted octanol–water partition coefficient (Wildman–Crippen LogP) is 3.59. The lowest BCUT2D eigenvalue weighted by molar-refractivity contribution is 0.466. The van der Waals surface area contributed by atoms with Crippen LogP contribution in [0.3, 0.4) is 0 Å². The van der Waals surface area contributed by atoms with Crippen LogP contribution in [-0.4, -0.2) is 27.1 Å². The molecular formula is C22H28N4OS. The van der Waals surface area contributed by atoms with Gasteiger partial charge in [-0.15, -0.1) is 11.3 Å². The van der Waals surface area contributed by atoms with Crippen LogP contribution in [-0.2, 0) is 25.8 Å². The van der Waals surface area contributed by atoms with Gasteiger partial charge in [-0.3, -0.25) is 14.3 Å². The molecule has 0 fully saturated rings. The molecule has 3 aromatic heterocycles. The highest BCUT2D eigenvalue weighted by molar-refractivity contribution is 7.18. The monoisotopic (exact) mass is 396 g/mol. The zero-order valence-electron chi connectivity index (χ0n) is 16.6. The quantitative estimate of drug-likeness (QED) is 0.663. The highest BCUT2D eigenvalue weighted by Gasteiger charge is 2.25. The summed E-state index contributed by atoms with van der Waals surface area (Å²) < 4.78 is 1.80. The predicted molar refractivity (Wildman–Crippen MR) is 115 cm³/mol. The first-order valence-electron chi connectivity index (χ1n) is 10.2. The van der Waals surface area contributed by atoms with Gasteiger partial charge in [0.15, 0.2) is 0 Å². The van der Waals surface area contributed by atoms with E-state index in [2.05, 4.69) is 41.3 Å². The lowest BCUT2D eigenvalue weighted by Gasteiger charge is -2.23. The fourth-order valence-corrected chi connectivity index (χ4v) is 5.16. The molecule has 1 unspecified atom stereocenters. The van der Waals surface area contributed by atoms with Crippen molar-refractivity contribution in [1.82, 2.24) is 19.9 Å². The van der Waals surface area contributed by atoms with Gasteiger partial charge < -0.3 is 5.32 Å². The van der Waals surface area contributed by atoms with Crippen LogP contribution in [0.4, 0.5) is 0 Å². The third-order valence-corrected chi connectivity index (χ3v) is 6.74. The van der Waals surface area contributed by atoms with Gasteiger partial charge in [-0.05, 0) is 67.8 Å². The molecule has 1 aliphatic carbocycles. The Morgan fingerprint density at radius 2 is 2.14 bits per heavy atom. The molecule has 1 aliphatic rings. The molecule has 4 rings (SSSR count). The van der Waals surface area contributed by atoms with Crippen LogP contribution in [0.5, 0.6) is 0 Å². The van der Waals surface area contributed by atoms with Crippen LogP contribution < -0.4 is 10.9 Å². The van der Waals surface area contributed by atoms with Gasteiger partial charge in [0.05, 0.1) is 11.7 Å². The van der Waals surface area contributed by atoms with Crippen LogP contribution in [0.1, 0.15) is 42.7 Å². The van der Waals surface area contributed by atoms with Crippen molar-refractivity contribution in [3.8, 4) is 0 Å². The van der Waals surface area contributed by atoms with Crippen molar-refractivity contribution < 1.29 is 0 Å². The fraction of sp³-hybridized carbons (Fsp3) is 0.500. The van der Waals surface area contributed by atoms with E-state index < -0.39 is 0 Å². The maximum absolute atomic E-state index is 13.0. The molecule has 28 heavy (non-hydrogen) atoms. The average molecular weight is 397 g/mol. The summed E-state index contributed by atoms with van der Waals surface area (Å²) in [7, 11) is 0. The van der Waals surface area contributed by atoms with E-state index in [0.29, 0.717) is 12.0 Å². The number of rotatable bonds is 7. The second-order valence-electron chi connectivity index (χ2n) is 8.11. The van der Waals surface area contributed by atoms with Crippen LogP contribution in [0.25, 0.3) is 10.2 Å². The summed E-state index contributed by atoms with van der Waals surface area (Å²) in [6.45, 7) is 6.09. The zero-order valence-corrected chi connectivity index (χ0v) is 17.5. The van der Waals surface area contributed by atoms with E-state index in [1.165, 1.54) is 16.0 Å². The zero-order chi connectivity index (χ0) is 19.5. The normalized spacial score (nSPS) is 16.6. The number of thiophene rings is 1. The van der Waals surface area contributed by atoms with Crippen LogP contribution in [0.15, 0.2) is 35.6 Å². The molecule has 0 aromatic carbocycles. The maximum Gasteiger partial charge on any atom is 0.262 e. The Labute approximate surface area is 169 Å². The molecule has 3 aromatic rings. The highest BCUT2D eigenvalue weighted by Crippen LogP contribution is 2.33. The number of hydrogen-bond acceptors (Lipinski definition) is 5. The van der Waals surface area contributed by atoms with Gasteiger partial charge in [-0.2, -0.15) is 0 Å². The topological polar surface area (TPSA) is 59.8 Å². The van der Waals surface area contributed by atoms with Crippen molar-refractivity contribution in [2.45, 2.75) is 58.5 Å².